The van der Waals surface area contributed by atoms with Crippen LogP contribution in [0.3, 0.4) is 0 Å². The number of hydrogen-bond donors (Lipinski definition) is 1. The first-order valence-corrected chi connectivity index (χ1v) is 7.27. The molecule has 2 N–H and O–H groups in total. The van der Waals surface area contributed by atoms with Gasteiger partial charge in [0.15, 0.2) is 11.6 Å². The van der Waals surface area contributed by atoms with Gasteiger partial charge in [0.1, 0.15) is 0 Å². The lowest BCUT2D eigenvalue weighted by Gasteiger charge is -2.05. The number of nitrogens with zero attached hydrogens (tertiary/aromatic N) is 1. The number of aryl methyl sites for hydroxylation is 3. The minimum Gasteiger partial charge on any atom is -0.380 e. The van der Waals surface area contributed by atoms with Crippen molar-refractivity contribution >= 4 is 17.2 Å². The number of rotatable bonds is 2. The monoisotopic (exact) mass is 284 g/mol. The van der Waals surface area contributed by atoms with E-state index in [2.05, 4.69) is 50.2 Å². The Balaban J connectivity index is 2.18. The normalized spacial score (nSPS) is 10.9. The van der Waals surface area contributed by atoms with E-state index in [-0.39, 0.29) is 0 Å². The van der Waals surface area contributed by atoms with Crippen LogP contribution in [0.15, 0.2) is 34.9 Å². The van der Waals surface area contributed by atoms with Gasteiger partial charge in [0.25, 0.3) is 0 Å². The molecule has 3 nitrogen and oxygen atoms in total. The van der Waals surface area contributed by atoms with Crippen molar-refractivity contribution in [3.05, 3.63) is 46.3 Å². The Morgan fingerprint density at radius 3 is 2.50 bits per heavy atom. The van der Waals surface area contributed by atoms with Gasteiger partial charge >= 0.3 is 0 Å². The highest BCUT2D eigenvalue weighted by molar-refractivity contribution is 7.15. The van der Waals surface area contributed by atoms with E-state index in [0.717, 1.165) is 21.8 Å². The van der Waals surface area contributed by atoms with E-state index in [1.807, 2.05) is 6.07 Å². The Bertz CT molecular complexity index is 771. The fraction of sp³-hybridized carbons (Fsp3) is 0.188. The van der Waals surface area contributed by atoms with E-state index in [0.29, 0.717) is 5.82 Å². The summed E-state index contributed by atoms with van der Waals surface area (Å²) in [4.78, 5) is 2.29. The average Bonchev–Trinajstić information content (AvgIpc) is 2.99. The lowest BCUT2D eigenvalue weighted by molar-refractivity contribution is 0.437. The summed E-state index contributed by atoms with van der Waals surface area (Å²) in [7, 11) is 0. The maximum atomic E-state index is 6.01. The van der Waals surface area contributed by atoms with Gasteiger partial charge in [-0.05, 0) is 49.6 Å². The summed E-state index contributed by atoms with van der Waals surface area (Å²) in [5.74, 6) is 1.19. The molecule has 0 atom stereocenters. The van der Waals surface area contributed by atoms with Gasteiger partial charge in [-0.15, -0.1) is 11.3 Å². The Hall–Kier alpha value is -2.07. The highest BCUT2D eigenvalue weighted by atomic mass is 32.1. The van der Waals surface area contributed by atoms with Gasteiger partial charge in [-0.25, -0.2) is 0 Å². The smallest absolute Gasteiger partial charge is 0.186 e. The summed E-state index contributed by atoms with van der Waals surface area (Å²) in [6, 6.07) is 10.4. The molecule has 0 spiro atoms. The maximum Gasteiger partial charge on any atom is 0.186 e. The summed E-state index contributed by atoms with van der Waals surface area (Å²) in [5.41, 5.74) is 10.4. The van der Waals surface area contributed by atoms with Crippen LogP contribution in [0.1, 0.15) is 16.0 Å². The Kier molecular flexibility index (Phi) is 3.10. The topological polar surface area (TPSA) is 52.0 Å². The van der Waals surface area contributed by atoms with Gasteiger partial charge in [-0.3, -0.25) is 0 Å². The predicted octanol–water partition coefficient (Wildman–Crippen LogP) is 4.58. The molecule has 0 aliphatic carbocycles. The molecule has 2 aromatic heterocycles. The zero-order valence-electron chi connectivity index (χ0n) is 11.7. The first-order valence-electron chi connectivity index (χ1n) is 6.46. The van der Waals surface area contributed by atoms with E-state index < -0.39 is 0 Å². The van der Waals surface area contributed by atoms with Crippen molar-refractivity contribution in [1.29, 1.82) is 0 Å². The van der Waals surface area contributed by atoms with Crippen LogP contribution in [0.25, 0.3) is 21.8 Å². The summed E-state index contributed by atoms with van der Waals surface area (Å²) in [6.45, 7) is 6.26. The lowest BCUT2D eigenvalue weighted by Crippen LogP contribution is -1.90. The van der Waals surface area contributed by atoms with Crippen molar-refractivity contribution in [3.8, 4) is 21.8 Å². The molecular formula is C16H16N2OS. The number of aromatic nitrogens is 1. The molecule has 0 saturated heterocycles. The largest absolute Gasteiger partial charge is 0.380 e. The van der Waals surface area contributed by atoms with Crippen molar-refractivity contribution in [1.82, 2.24) is 5.16 Å². The third-order valence-corrected chi connectivity index (χ3v) is 4.48. The molecular weight excluding hydrogens is 268 g/mol. The molecule has 1 aromatic carbocycles. The van der Waals surface area contributed by atoms with Gasteiger partial charge in [-0.2, -0.15) is 0 Å². The molecule has 0 saturated carbocycles. The van der Waals surface area contributed by atoms with Crippen LogP contribution < -0.4 is 5.73 Å². The number of thiophene rings is 1. The van der Waals surface area contributed by atoms with Gasteiger partial charge in [0.2, 0.25) is 0 Å². The Morgan fingerprint density at radius 1 is 1.05 bits per heavy atom. The van der Waals surface area contributed by atoms with Crippen LogP contribution in [-0.4, -0.2) is 5.16 Å². The molecule has 0 unspecified atom stereocenters. The second-order valence-corrected chi connectivity index (χ2v) is 6.27. The van der Waals surface area contributed by atoms with Crippen molar-refractivity contribution < 1.29 is 4.52 Å². The molecule has 3 aromatic rings. The first-order chi connectivity index (χ1) is 9.56. The highest BCUT2D eigenvalue weighted by Gasteiger charge is 2.19. The first kappa shape index (κ1) is 12.9. The standard InChI is InChI=1S/C16H16N2OS/c1-9-4-6-12(8-10(9)2)14-15(19-18-16(14)17)13-7-5-11(3)20-13/h4-8H,1-3H3,(H2,17,18). The van der Waals surface area contributed by atoms with Crippen LogP contribution in [0, 0.1) is 20.8 Å². The average molecular weight is 284 g/mol. The van der Waals surface area contributed by atoms with Gasteiger partial charge in [0.05, 0.1) is 10.4 Å². The SMILES string of the molecule is Cc1ccc(-c2onc(N)c2-c2ccc(C)c(C)c2)s1. The third-order valence-electron chi connectivity index (χ3n) is 3.48. The quantitative estimate of drug-likeness (QED) is 0.749. The fourth-order valence-corrected chi connectivity index (χ4v) is 3.05. The van der Waals surface area contributed by atoms with Crippen molar-refractivity contribution in [2.75, 3.05) is 5.73 Å². The molecule has 4 heteroatoms. The highest BCUT2D eigenvalue weighted by Crippen LogP contribution is 2.39. The molecule has 0 aliphatic rings. The summed E-state index contributed by atoms with van der Waals surface area (Å²) in [5, 5.41) is 3.94. The number of anilines is 1. The van der Waals surface area contributed by atoms with Crippen molar-refractivity contribution in [2.24, 2.45) is 0 Å². The maximum absolute atomic E-state index is 6.01. The third kappa shape index (κ3) is 2.12. The molecule has 3 rings (SSSR count). The van der Waals surface area contributed by atoms with Crippen LogP contribution in [-0.2, 0) is 0 Å². The van der Waals surface area contributed by atoms with Crippen LogP contribution >= 0.6 is 11.3 Å². The van der Waals surface area contributed by atoms with Crippen LogP contribution in [0.5, 0.6) is 0 Å². The molecule has 0 bridgehead atoms. The number of nitrogen functional groups attached to an aromatic ring is 1. The van der Waals surface area contributed by atoms with Crippen molar-refractivity contribution in [2.45, 2.75) is 20.8 Å². The van der Waals surface area contributed by atoms with Crippen LogP contribution in [0.4, 0.5) is 5.82 Å². The minimum atomic E-state index is 0.439. The van der Waals surface area contributed by atoms with E-state index in [1.165, 1.54) is 16.0 Å². The summed E-state index contributed by atoms with van der Waals surface area (Å²) < 4.78 is 5.45. The second kappa shape index (κ2) is 4.80. The van der Waals surface area contributed by atoms with E-state index >= 15 is 0 Å². The Morgan fingerprint density at radius 2 is 1.85 bits per heavy atom. The Labute approximate surface area is 122 Å². The molecule has 20 heavy (non-hydrogen) atoms. The number of nitrogens with two attached hydrogens (primary N) is 1. The molecule has 0 fully saturated rings. The lowest BCUT2D eigenvalue weighted by atomic mass is 10.00. The van der Waals surface area contributed by atoms with Gasteiger partial charge < -0.3 is 10.3 Å². The fourth-order valence-electron chi connectivity index (χ4n) is 2.20. The zero-order chi connectivity index (χ0) is 14.3. The minimum absolute atomic E-state index is 0.439. The second-order valence-electron chi connectivity index (χ2n) is 4.98. The number of benzene rings is 1. The predicted molar refractivity (Wildman–Crippen MR) is 83.9 cm³/mol. The molecule has 2 heterocycles. The number of hydrogen-bond acceptors (Lipinski definition) is 4. The van der Waals surface area contributed by atoms with E-state index in [9.17, 15) is 0 Å². The zero-order valence-corrected chi connectivity index (χ0v) is 12.5. The molecule has 102 valence electrons. The summed E-state index contributed by atoms with van der Waals surface area (Å²) >= 11 is 1.68. The van der Waals surface area contributed by atoms with Crippen molar-refractivity contribution in [3.63, 3.8) is 0 Å². The van der Waals surface area contributed by atoms with E-state index in [1.54, 1.807) is 11.3 Å². The van der Waals surface area contributed by atoms with E-state index in [4.69, 9.17) is 10.3 Å². The molecule has 0 amide bonds. The molecule has 0 aliphatic heterocycles. The summed E-state index contributed by atoms with van der Waals surface area (Å²) in [6.07, 6.45) is 0. The van der Waals surface area contributed by atoms with Gasteiger partial charge in [-0.1, -0.05) is 23.4 Å². The molecule has 0 radical (unpaired) electrons. The van der Waals surface area contributed by atoms with Crippen LogP contribution in [0.2, 0.25) is 0 Å². The van der Waals surface area contributed by atoms with Gasteiger partial charge in [0, 0.05) is 4.88 Å².